The quantitative estimate of drug-likeness (QED) is 0.649. The van der Waals surface area contributed by atoms with Gasteiger partial charge in [-0.1, -0.05) is 18.2 Å². The topological polar surface area (TPSA) is 47.3 Å². The molecule has 3 rings (SSSR count). The van der Waals surface area contributed by atoms with E-state index in [9.17, 15) is 9.59 Å². The van der Waals surface area contributed by atoms with Crippen LogP contribution in [0.4, 0.5) is 0 Å². The van der Waals surface area contributed by atoms with E-state index in [-0.39, 0.29) is 0 Å². The van der Waals surface area contributed by atoms with Gasteiger partial charge >= 0.3 is 0 Å². The number of carbonyl (C=O) groups is 2. The van der Waals surface area contributed by atoms with Crippen molar-refractivity contribution in [2.24, 2.45) is 0 Å². The zero-order chi connectivity index (χ0) is 12.2. The number of hydrogen-bond donors (Lipinski definition) is 0. The Labute approximate surface area is 98.1 Å². The van der Waals surface area contributed by atoms with E-state index in [1.54, 1.807) is 6.92 Å². The van der Waals surface area contributed by atoms with E-state index in [0.29, 0.717) is 22.5 Å². The molecule has 0 amide bonds. The molecule has 0 fully saturated rings. The summed E-state index contributed by atoms with van der Waals surface area (Å²) in [6.07, 6.45) is 1.52. The van der Waals surface area contributed by atoms with Crippen LogP contribution in [0.3, 0.4) is 0 Å². The lowest BCUT2D eigenvalue weighted by Gasteiger charge is -2.15. The van der Waals surface area contributed by atoms with E-state index in [2.05, 4.69) is 0 Å². The van der Waals surface area contributed by atoms with Gasteiger partial charge in [-0.05, 0) is 25.0 Å². The Bertz CT molecular complexity index is 662. The number of furan rings is 1. The fourth-order valence-electron chi connectivity index (χ4n) is 2.31. The Hall–Kier alpha value is -2.16. The van der Waals surface area contributed by atoms with Gasteiger partial charge in [0.05, 0.1) is 11.8 Å². The van der Waals surface area contributed by atoms with Crippen LogP contribution in [0.5, 0.6) is 0 Å². The first-order valence-electron chi connectivity index (χ1n) is 5.38. The Kier molecular flexibility index (Phi) is 1.87. The fraction of sp³-hybridized carbons (Fsp3) is 0.143. The Morgan fingerprint density at radius 2 is 1.65 bits per heavy atom. The van der Waals surface area contributed by atoms with Crippen LogP contribution in [0.2, 0.25) is 0 Å². The molecule has 0 atom stereocenters. The third-order valence-corrected chi connectivity index (χ3v) is 3.15. The third kappa shape index (κ3) is 1.16. The molecule has 0 radical (unpaired) electrons. The summed E-state index contributed by atoms with van der Waals surface area (Å²) >= 11 is 0. The van der Waals surface area contributed by atoms with E-state index in [4.69, 9.17) is 4.42 Å². The number of aryl methyl sites for hydroxylation is 2. The van der Waals surface area contributed by atoms with Crippen molar-refractivity contribution in [3.63, 3.8) is 0 Å². The van der Waals surface area contributed by atoms with E-state index < -0.39 is 11.6 Å². The number of benzene rings is 1. The van der Waals surface area contributed by atoms with Crippen LogP contribution >= 0.6 is 0 Å². The molecule has 1 heterocycles. The molecule has 17 heavy (non-hydrogen) atoms. The minimum atomic E-state index is -0.465. The molecular weight excluding hydrogens is 216 g/mol. The van der Waals surface area contributed by atoms with Crippen LogP contribution in [-0.4, -0.2) is 11.6 Å². The van der Waals surface area contributed by atoms with Crippen molar-refractivity contribution in [2.45, 2.75) is 13.8 Å². The van der Waals surface area contributed by atoms with Gasteiger partial charge in [0.15, 0.2) is 0 Å². The second-order valence-corrected chi connectivity index (χ2v) is 4.28. The minimum absolute atomic E-state index is 0.410. The van der Waals surface area contributed by atoms with E-state index >= 15 is 0 Å². The molecule has 0 bridgehead atoms. The van der Waals surface area contributed by atoms with Gasteiger partial charge in [0.2, 0.25) is 11.6 Å². The van der Waals surface area contributed by atoms with E-state index in [0.717, 1.165) is 11.1 Å². The van der Waals surface area contributed by atoms with Crippen molar-refractivity contribution in [3.8, 4) is 11.3 Å². The molecule has 1 aromatic heterocycles. The average molecular weight is 226 g/mol. The number of carbonyl (C=O) groups excluding carboxylic acids is 2. The number of Topliss-reactive ketones (excluding diaryl/α,β-unsaturated/α-hetero) is 2. The largest absolute Gasteiger partial charge is 0.463 e. The van der Waals surface area contributed by atoms with Crippen molar-refractivity contribution >= 4 is 11.6 Å². The number of rotatable bonds is 0. The van der Waals surface area contributed by atoms with E-state index in [1.165, 1.54) is 6.26 Å². The predicted molar refractivity (Wildman–Crippen MR) is 62.3 cm³/mol. The maximum atomic E-state index is 12.1. The monoisotopic (exact) mass is 226 g/mol. The molecule has 0 aliphatic heterocycles. The smallest absolute Gasteiger partial charge is 0.237 e. The molecule has 0 spiro atoms. The maximum Gasteiger partial charge on any atom is 0.237 e. The highest BCUT2D eigenvalue weighted by molar-refractivity contribution is 6.53. The van der Waals surface area contributed by atoms with Gasteiger partial charge in [0.25, 0.3) is 0 Å². The van der Waals surface area contributed by atoms with Crippen molar-refractivity contribution < 1.29 is 14.0 Å². The fourth-order valence-corrected chi connectivity index (χ4v) is 2.31. The molecule has 1 aliphatic rings. The summed E-state index contributed by atoms with van der Waals surface area (Å²) in [6, 6.07) is 5.50. The molecule has 84 valence electrons. The molecule has 0 unspecified atom stereocenters. The van der Waals surface area contributed by atoms with Gasteiger partial charge < -0.3 is 4.42 Å². The van der Waals surface area contributed by atoms with Crippen LogP contribution in [0.1, 0.15) is 31.8 Å². The first-order valence-corrected chi connectivity index (χ1v) is 5.38. The Morgan fingerprint density at radius 3 is 2.41 bits per heavy atom. The zero-order valence-electron chi connectivity index (χ0n) is 9.53. The highest BCUT2D eigenvalue weighted by atomic mass is 16.3. The molecule has 1 aromatic carbocycles. The zero-order valence-corrected chi connectivity index (χ0v) is 9.53. The van der Waals surface area contributed by atoms with Gasteiger partial charge in [0, 0.05) is 11.1 Å². The molecule has 0 saturated heterocycles. The minimum Gasteiger partial charge on any atom is -0.463 e. The third-order valence-electron chi connectivity index (χ3n) is 3.15. The van der Waals surface area contributed by atoms with Gasteiger partial charge in [-0.25, -0.2) is 0 Å². The molecule has 3 heteroatoms. The van der Waals surface area contributed by atoms with Gasteiger partial charge in [-0.3, -0.25) is 9.59 Å². The summed E-state index contributed by atoms with van der Waals surface area (Å²) in [6.45, 7) is 3.60. The summed E-state index contributed by atoms with van der Waals surface area (Å²) in [5.74, 6) is -0.381. The molecular formula is C14H10O3. The van der Waals surface area contributed by atoms with Crippen LogP contribution < -0.4 is 0 Å². The van der Waals surface area contributed by atoms with Crippen molar-refractivity contribution in [3.05, 3.63) is 46.7 Å². The highest BCUT2D eigenvalue weighted by Crippen LogP contribution is 2.37. The molecule has 0 saturated carbocycles. The van der Waals surface area contributed by atoms with Crippen molar-refractivity contribution in [2.75, 3.05) is 0 Å². The van der Waals surface area contributed by atoms with Crippen LogP contribution in [0.25, 0.3) is 11.3 Å². The van der Waals surface area contributed by atoms with Crippen LogP contribution in [0, 0.1) is 13.8 Å². The van der Waals surface area contributed by atoms with Crippen molar-refractivity contribution in [1.82, 2.24) is 0 Å². The Balaban J connectivity index is 2.45. The lowest BCUT2D eigenvalue weighted by molar-refractivity contribution is 0.0814. The predicted octanol–water partition coefficient (Wildman–Crippen LogP) is 2.94. The van der Waals surface area contributed by atoms with Crippen LogP contribution in [0.15, 0.2) is 28.9 Å². The average Bonchev–Trinajstić information content (AvgIpc) is 2.68. The maximum absolute atomic E-state index is 12.1. The summed E-state index contributed by atoms with van der Waals surface area (Å²) in [7, 11) is 0. The molecule has 3 nitrogen and oxygen atoms in total. The van der Waals surface area contributed by atoms with Gasteiger partial charge in [0.1, 0.15) is 5.76 Å². The normalized spacial score (nSPS) is 13.5. The number of ketones is 2. The lowest BCUT2D eigenvalue weighted by Crippen LogP contribution is -2.21. The first-order chi connectivity index (χ1) is 8.11. The van der Waals surface area contributed by atoms with Gasteiger partial charge in [-0.2, -0.15) is 0 Å². The second-order valence-electron chi connectivity index (χ2n) is 4.28. The molecule has 2 aromatic rings. The highest BCUT2D eigenvalue weighted by Gasteiger charge is 2.35. The summed E-state index contributed by atoms with van der Waals surface area (Å²) in [5.41, 5.74) is 3.12. The number of fused-ring (bicyclic) bond motifs is 3. The molecule has 0 N–H and O–H groups in total. The van der Waals surface area contributed by atoms with Crippen LogP contribution in [-0.2, 0) is 0 Å². The van der Waals surface area contributed by atoms with Crippen molar-refractivity contribution in [1.29, 1.82) is 0 Å². The standard InChI is InChI=1S/C14H10O3/c1-7-4-3-5-9-10(7)12(15)13(16)11-8(2)6-17-14(9)11/h3-6H,1-2H3. The number of hydrogen-bond acceptors (Lipinski definition) is 3. The second kappa shape index (κ2) is 3.17. The van der Waals surface area contributed by atoms with E-state index in [1.807, 2.05) is 25.1 Å². The SMILES string of the molecule is Cc1cccc2c1C(=O)C(=O)c1c(C)coc1-2. The summed E-state index contributed by atoms with van der Waals surface area (Å²) < 4.78 is 5.41. The Morgan fingerprint density at radius 1 is 0.941 bits per heavy atom. The first kappa shape index (κ1) is 10.0. The van der Waals surface area contributed by atoms with Gasteiger partial charge in [-0.15, -0.1) is 0 Å². The lowest BCUT2D eigenvalue weighted by atomic mass is 9.85. The molecule has 1 aliphatic carbocycles. The summed E-state index contributed by atoms with van der Waals surface area (Å²) in [4.78, 5) is 24.1. The summed E-state index contributed by atoms with van der Waals surface area (Å²) in [5, 5.41) is 0.